The van der Waals surface area contributed by atoms with Crippen molar-refractivity contribution >= 4 is 5.91 Å². The van der Waals surface area contributed by atoms with Crippen LogP contribution in [0, 0.1) is 0 Å². The molecule has 4 rings (SSSR count). The van der Waals surface area contributed by atoms with Gasteiger partial charge in [-0.25, -0.2) is 0 Å². The Balaban J connectivity index is 1.46. The number of amides is 1. The molecule has 1 aliphatic heterocycles. The fourth-order valence-electron chi connectivity index (χ4n) is 4.22. The number of hydrogen-bond donors (Lipinski definition) is 1. The van der Waals surface area contributed by atoms with E-state index < -0.39 is 5.60 Å². The van der Waals surface area contributed by atoms with Crippen LogP contribution in [-0.4, -0.2) is 38.8 Å². The Labute approximate surface area is 178 Å². The van der Waals surface area contributed by atoms with E-state index in [0.717, 1.165) is 29.7 Å². The van der Waals surface area contributed by atoms with Crippen LogP contribution in [0.2, 0.25) is 0 Å². The SMILES string of the molecule is CC(O)(CCn1cccn1)c1ccc2c(c1)CN(C(=O)CC1=CCCCC1)CCO2. The molecule has 1 amide bonds. The van der Waals surface area contributed by atoms with Gasteiger partial charge < -0.3 is 14.7 Å². The third-order valence-corrected chi connectivity index (χ3v) is 6.17. The summed E-state index contributed by atoms with van der Waals surface area (Å²) in [5.41, 5.74) is 2.07. The second kappa shape index (κ2) is 9.04. The number of aliphatic hydroxyl groups is 1. The van der Waals surface area contributed by atoms with E-state index in [0.29, 0.717) is 39.1 Å². The van der Waals surface area contributed by atoms with E-state index in [4.69, 9.17) is 4.74 Å². The highest BCUT2D eigenvalue weighted by atomic mass is 16.5. The highest BCUT2D eigenvalue weighted by Gasteiger charge is 2.26. The number of nitrogens with zero attached hydrogens (tertiary/aromatic N) is 3. The van der Waals surface area contributed by atoms with E-state index in [-0.39, 0.29) is 5.91 Å². The van der Waals surface area contributed by atoms with Crippen LogP contribution in [0.25, 0.3) is 0 Å². The predicted octanol–water partition coefficient (Wildman–Crippen LogP) is 3.79. The zero-order chi connectivity index (χ0) is 21.0. The molecule has 1 aromatic heterocycles. The van der Waals surface area contributed by atoms with Gasteiger partial charge in [-0.1, -0.05) is 17.7 Å². The lowest BCUT2D eigenvalue weighted by molar-refractivity contribution is -0.131. The molecule has 0 saturated carbocycles. The number of rotatable bonds is 6. The second-order valence-corrected chi connectivity index (χ2v) is 8.56. The predicted molar refractivity (Wildman–Crippen MR) is 115 cm³/mol. The number of carbonyl (C=O) groups is 1. The molecule has 0 spiro atoms. The topological polar surface area (TPSA) is 67.6 Å². The minimum absolute atomic E-state index is 0.162. The van der Waals surface area contributed by atoms with Gasteiger partial charge >= 0.3 is 0 Å². The van der Waals surface area contributed by atoms with Crippen molar-refractivity contribution < 1.29 is 14.6 Å². The fraction of sp³-hybridized carbons (Fsp3) is 0.500. The number of fused-ring (bicyclic) bond motifs is 1. The van der Waals surface area contributed by atoms with Crippen LogP contribution in [0.5, 0.6) is 5.75 Å². The standard InChI is InChI=1S/C24H31N3O3/c1-24(29,10-13-27-12-5-11-25-27)21-8-9-22-20(17-21)18-26(14-15-30-22)23(28)16-19-6-3-2-4-7-19/h5-6,8-9,11-12,17,29H,2-4,7,10,13-16,18H2,1H3. The molecule has 2 aromatic rings. The number of aromatic nitrogens is 2. The highest BCUT2D eigenvalue weighted by Crippen LogP contribution is 2.32. The summed E-state index contributed by atoms with van der Waals surface area (Å²) in [6.07, 6.45) is 11.5. The van der Waals surface area contributed by atoms with Crippen LogP contribution in [0.15, 0.2) is 48.3 Å². The summed E-state index contributed by atoms with van der Waals surface area (Å²) >= 11 is 0. The molecule has 1 aliphatic carbocycles. The summed E-state index contributed by atoms with van der Waals surface area (Å²) < 4.78 is 7.72. The fourth-order valence-corrected chi connectivity index (χ4v) is 4.22. The minimum Gasteiger partial charge on any atom is -0.491 e. The van der Waals surface area contributed by atoms with Crippen molar-refractivity contribution in [3.05, 3.63) is 59.4 Å². The normalized spacial score (nSPS) is 18.6. The second-order valence-electron chi connectivity index (χ2n) is 8.56. The van der Waals surface area contributed by atoms with Crippen molar-refractivity contribution in [3.8, 4) is 5.75 Å². The van der Waals surface area contributed by atoms with Crippen LogP contribution < -0.4 is 4.74 Å². The molecule has 160 valence electrons. The van der Waals surface area contributed by atoms with Crippen molar-refractivity contribution in [2.24, 2.45) is 0 Å². The number of aryl methyl sites for hydroxylation is 1. The summed E-state index contributed by atoms with van der Waals surface area (Å²) in [4.78, 5) is 14.8. The number of carbonyl (C=O) groups excluding carboxylic acids is 1. The van der Waals surface area contributed by atoms with Crippen LogP contribution in [0.4, 0.5) is 0 Å². The molecule has 6 nitrogen and oxygen atoms in total. The van der Waals surface area contributed by atoms with Crippen LogP contribution in [0.3, 0.4) is 0 Å². The molecular formula is C24H31N3O3. The number of hydrogen-bond acceptors (Lipinski definition) is 4. The van der Waals surface area contributed by atoms with Crippen LogP contribution >= 0.6 is 0 Å². The van der Waals surface area contributed by atoms with Crippen molar-refractivity contribution in [1.82, 2.24) is 14.7 Å². The smallest absolute Gasteiger partial charge is 0.227 e. The van der Waals surface area contributed by atoms with Crippen LogP contribution in [-0.2, 0) is 23.5 Å². The summed E-state index contributed by atoms with van der Waals surface area (Å²) in [5.74, 6) is 0.962. The van der Waals surface area contributed by atoms with Crippen molar-refractivity contribution in [2.75, 3.05) is 13.2 Å². The Morgan fingerprint density at radius 2 is 2.23 bits per heavy atom. The molecule has 6 heteroatoms. The third-order valence-electron chi connectivity index (χ3n) is 6.17. The van der Waals surface area contributed by atoms with Crippen molar-refractivity contribution in [3.63, 3.8) is 0 Å². The van der Waals surface area contributed by atoms with Gasteiger partial charge in [0.1, 0.15) is 12.4 Å². The van der Waals surface area contributed by atoms with Gasteiger partial charge in [0, 0.05) is 37.5 Å². The van der Waals surface area contributed by atoms with Gasteiger partial charge in [0.15, 0.2) is 0 Å². The maximum Gasteiger partial charge on any atom is 0.227 e. The number of ether oxygens (including phenoxy) is 1. The largest absolute Gasteiger partial charge is 0.491 e. The van der Waals surface area contributed by atoms with E-state index >= 15 is 0 Å². The molecule has 0 fully saturated rings. The van der Waals surface area contributed by atoms with E-state index in [1.54, 1.807) is 6.20 Å². The molecule has 1 aromatic carbocycles. The lowest BCUT2D eigenvalue weighted by Gasteiger charge is -2.26. The minimum atomic E-state index is -0.991. The summed E-state index contributed by atoms with van der Waals surface area (Å²) in [6.45, 7) is 4.06. The van der Waals surface area contributed by atoms with Crippen molar-refractivity contribution in [2.45, 2.75) is 64.1 Å². The van der Waals surface area contributed by atoms with E-state index in [1.807, 2.05) is 47.0 Å². The van der Waals surface area contributed by atoms with Gasteiger partial charge in [0.2, 0.25) is 5.91 Å². The van der Waals surface area contributed by atoms with Gasteiger partial charge in [-0.05, 0) is 62.8 Å². The van der Waals surface area contributed by atoms with E-state index in [2.05, 4.69) is 11.2 Å². The Morgan fingerprint density at radius 1 is 1.33 bits per heavy atom. The molecule has 30 heavy (non-hydrogen) atoms. The maximum atomic E-state index is 12.9. The first-order valence-electron chi connectivity index (χ1n) is 10.9. The zero-order valence-corrected chi connectivity index (χ0v) is 17.7. The Hall–Kier alpha value is -2.60. The molecule has 2 aliphatic rings. The van der Waals surface area contributed by atoms with E-state index in [9.17, 15) is 9.90 Å². The summed E-state index contributed by atoms with van der Waals surface area (Å²) in [6, 6.07) is 7.71. The average molecular weight is 410 g/mol. The molecule has 1 unspecified atom stereocenters. The Morgan fingerprint density at radius 3 is 3.00 bits per heavy atom. The van der Waals surface area contributed by atoms with Gasteiger partial charge in [-0.3, -0.25) is 9.48 Å². The van der Waals surface area contributed by atoms with Gasteiger partial charge in [-0.15, -0.1) is 0 Å². The highest BCUT2D eigenvalue weighted by molar-refractivity contribution is 5.79. The Bertz CT molecular complexity index is 902. The molecule has 0 bridgehead atoms. The monoisotopic (exact) mass is 409 g/mol. The van der Waals surface area contributed by atoms with Gasteiger partial charge in [0.05, 0.1) is 12.1 Å². The summed E-state index contributed by atoms with van der Waals surface area (Å²) in [5, 5.41) is 15.3. The first-order chi connectivity index (χ1) is 14.5. The van der Waals surface area contributed by atoms with Crippen LogP contribution in [0.1, 0.15) is 56.6 Å². The zero-order valence-electron chi connectivity index (χ0n) is 17.7. The molecule has 0 radical (unpaired) electrons. The Kier molecular flexibility index (Phi) is 6.23. The van der Waals surface area contributed by atoms with Gasteiger partial charge in [0.25, 0.3) is 0 Å². The quantitative estimate of drug-likeness (QED) is 0.737. The number of benzene rings is 1. The lowest BCUT2D eigenvalue weighted by atomic mass is 9.91. The molecule has 0 saturated heterocycles. The average Bonchev–Trinajstić information content (AvgIpc) is 3.17. The molecule has 2 heterocycles. The number of allylic oxidation sites excluding steroid dienone is 1. The first kappa shape index (κ1) is 20.7. The molecule has 1 atom stereocenters. The third kappa shape index (κ3) is 4.93. The van der Waals surface area contributed by atoms with Gasteiger partial charge in [-0.2, -0.15) is 5.10 Å². The molecule has 1 N–H and O–H groups in total. The van der Waals surface area contributed by atoms with E-state index in [1.165, 1.54) is 18.4 Å². The summed E-state index contributed by atoms with van der Waals surface area (Å²) in [7, 11) is 0. The van der Waals surface area contributed by atoms with Crippen molar-refractivity contribution in [1.29, 1.82) is 0 Å². The first-order valence-corrected chi connectivity index (χ1v) is 10.9. The lowest BCUT2D eigenvalue weighted by Crippen LogP contribution is -2.32. The maximum absolute atomic E-state index is 12.9. The molecular weight excluding hydrogens is 378 g/mol.